The molecule has 0 N–H and O–H groups in total. The van der Waals surface area contributed by atoms with Crippen LogP contribution in [0.25, 0.3) is 10.9 Å². The molecule has 0 aliphatic heterocycles. The smallest absolute Gasteiger partial charge is 0.0733 e. The summed E-state index contributed by atoms with van der Waals surface area (Å²) in [5, 5.41) is 1.25. The number of rotatable bonds is 3. The minimum absolute atomic E-state index is 1.14. The Balaban J connectivity index is 2.43. The van der Waals surface area contributed by atoms with Crippen LogP contribution in [0.2, 0.25) is 0 Å². The summed E-state index contributed by atoms with van der Waals surface area (Å²) in [7, 11) is 0. The molecule has 0 aliphatic rings. The first-order valence-corrected chi connectivity index (χ1v) is 5.24. The summed E-state index contributed by atoms with van der Waals surface area (Å²) >= 11 is 0. The van der Waals surface area contributed by atoms with Gasteiger partial charge >= 0.3 is 0 Å². The molecule has 0 amide bonds. The molecule has 0 fully saturated rings. The van der Waals surface area contributed by atoms with Gasteiger partial charge in [-0.1, -0.05) is 37.6 Å². The van der Waals surface area contributed by atoms with Gasteiger partial charge in [0.05, 0.1) is 5.52 Å². The van der Waals surface area contributed by atoms with Crippen LogP contribution in [0.1, 0.15) is 25.3 Å². The van der Waals surface area contributed by atoms with Crippen LogP contribution in [0.4, 0.5) is 0 Å². The number of nitrogens with zero attached hydrogens (tertiary/aromatic N) is 1. The SMILES string of the molecule is CCCCc1cccc2cccnc12. The lowest BCUT2D eigenvalue weighted by Crippen LogP contribution is -1.88. The Bertz CT molecular complexity index is 415. The van der Waals surface area contributed by atoms with Crippen molar-refractivity contribution in [1.29, 1.82) is 0 Å². The third kappa shape index (κ3) is 1.77. The van der Waals surface area contributed by atoms with E-state index in [-0.39, 0.29) is 0 Å². The molecule has 0 spiro atoms. The molecule has 0 aliphatic carbocycles. The molecule has 1 aromatic carbocycles. The van der Waals surface area contributed by atoms with Crippen molar-refractivity contribution in [1.82, 2.24) is 4.98 Å². The number of pyridine rings is 1. The lowest BCUT2D eigenvalue weighted by Gasteiger charge is -2.03. The molecule has 2 aromatic rings. The van der Waals surface area contributed by atoms with E-state index in [1.807, 2.05) is 12.3 Å². The zero-order chi connectivity index (χ0) is 9.80. The van der Waals surface area contributed by atoms with Crippen molar-refractivity contribution in [2.75, 3.05) is 0 Å². The highest BCUT2D eigenvalue weighted by Gasteiger charge is 1.99. The largest absolute Gasteiger partial charge is 0.256 e. The summed E-state index contributed by atoms with van der Waals surface area (Å²) in [6, 6.07) is 10.5. The van der Waals surface area contributed by atoms with Crippen LogP contribution in [-0.2, 0) is 6.42 Å². The summed E-state index contributed by atoms with van der Waals surface area (Å²) in [5.41, 5.74) is 2.55. The van der Waals surface area contributed by atoms with Crippen LogP contribution in [0.5, 0.6) is 0 Å². The lowest BCUT2D eigenvalue weighted by atomic mass is 10.0. The normalized spacial score (nSPS) is 10.6. The zero-order valence-electron chi connectivity index (χ0n) is 8.53. The highest BCUT2D eigenvalue weighted by molar-refractivity contribution is 5.81. The molecule has 0 atom stereocenters. The summed E-state index contributed by atoms with van der Waals surface area (Å²) < 4.78 is 0. The molecule has 1 heteroatoms. The fourth-order valence-electron chi connectivity index (χ4n) is 1.74. The minimum Gasteiger partial charge on any atom is -0.256 e. The van der Waals surface area contributed by atoms with E-state index in [9.17, 15) is 0 Å². The average Bonchev–Trinajstić information content (AvgIpc) is 2.26. The molecule has 0 bridgehead atoms. The Hall–Kier alpha value is -1.37. The average molecular weight is 185 g/mol. The van der Waals surface area contributed by atoms with Crippen LogP contribution >= 0.6 is 0 Å². The van der Waals surface area contributed by atoms with E-state index in [0.717, 1.165) is 6.42 Å². The lowest BCUT2D eigenvalue weighted by molar-refractivity contribution is 0.798. The quantitative estimate of drug-likeness (QED) is 0.712. The standard InChI is InChI=1S/C13H15N/c1-2-3-6-11-7-4-8-12-9-5-10-14-13(11)12/h4-5,7-10H,2-3,6H2,1H3. The van der Waals surface area contributed by atoms with Gasteiger partial charge in [0.15, 0.2) is 0 Å². The third-order valence-electron chi connectivity index (χ3n) is 2.52. The van der Waals surface area contributed by atoms with Crippen molar-refractivity contribution in [2.24, 2.45) is 0 Å². The maximum Gasteiger partial charge on any atom is 0.0733 e. The maximum absolute atomic E-state index is 4.43. The van der Waals surface area contributed by atoms with E-state index < -0.39 is 0 Å². The van der Waals surface area contributed by atoms with Crippen molar-refractivity contribution in [3.05, 3.63) is 42.1 Å². The molecule has 0 saturated heterocycles. The van der Waals surface area contributed by atoms with Gasteiger partial charge in [0.2, 0.25) is 0 Å². The third-order valence-corrected chi connectivity index (χ3v) is 2.52. The molecule has 1 aromatic heterocycles. The Morgan fingerprint density at radius 1 is 1.14 bits per heavy atom. The molecule has 1 nitrogen and oxygen atoms in total. The van der Waals surface area contributed by atoms with E-state index in [1.165, 1.54) is 29.3 Å². The Morgan fingerprint density at radius 2 is 2.00 bits per heavy atom. The molecule has 1 heterocycles. The molecule has 0 radical (unpaired) electrons. The van der Waals surface area contributed by atoms with Crippen molar-refractivity contribution in [2.45, 2.75) is 26.2 Å². The number of hydrogen-bond acceptors (Lipinski definition) is 1. The van der Waals surface area contributed by atoms with Gasteiger partial charge < -0.3 is 0 Å². The van der Waals surface area contributed by atoms with Crippen LogP contribution in [0.15, 0.2) is 36.5 Å². The van der Waals surface area contributed by atoms with Gasteiger partial charge in [0.1, 0.15) is 0 Å². The van der Waals surface area contributed by atoms with E-state index >= 15 is 0 Å². The predicted octanol–water partition coefficient (Wildman–Crippen LogP) is 3.58. The van der Waals surface area contributed by atoms with Gasteiger partial charge in [-0.2, -0.15) is 0 Å². The summed E-state index contributed by atoms with van der Waals surface area (Å²) in [6.45, 7) is 2.22. The van der Waals surface area contributed by atoms with Crippen molar-refractivity contribution in [3.8, 4) is 0 Å². The monoisotopic (exact) mass is 185 g/mol. The minimum atomic E-state index is 1.14. The number of hydrogen-bond donors (Lipinski definition) is 0. The van der Waals surface area contributed by atoms with Crippen molar-refractivity contribution < 1.29 is 0 Å². The van der Waals surface area contributed by atoms with Gasteiger partial charge in [0, 0.05) is 11.6 Å². The number of aryl methyl sites for hydroxylation is 1. The summed E-state index contributed by atoms with van der Waals surface area (Å²) in [6.07, 6.45) is 5.50. The number of fused-ring (bicyclic) bond motifs is 1. The molecule has 0 saturated carbocycles. The van der Waals surface area contributed by atoms with Crippen LogP contribution in [0, 0.1) is 0 Å². The summed E-state index contributed by atoms with van der Waals surface area (Å²) in [4.78, 5) is 4.43. The Labute approximate surface area is 84.8 Å². The Morgan fingerprint density at radius 3 is 2.86 bits per heavy atom. The van der Waals surface area contributed by atoms with Gasteiger partial charge in [-0.15, -0.1) is 0 Å². The van der Waals surface area contributed by atoms with Gasteiger partial charge in [-0.05, 0) is 24.5 Å². The second kappa shape index (κ2) is 4.23. The van der Waals surface area contributed by atoms with E-state index in [2.05, 4.69) is 36.2 Å². The highest BCUT2D eigenvalue weighted by atomic mass is 14.6. The number of benzene rings is 1. The second-order valence-electron chi connectivity index (χ2n) is 3.60. The fraction of sp³-hybridized carbons (Fsp3) is 0.308. The first-order valence-electron chi connectivity index (χ1n) is 5.24. The summed E-state index contributed by atoms with van der Waals surface area (Å²) in [5.74, 6) is 0. The predicted molar refractivity (Wildman–Crippen MR) is 60.4 cm³/mol. The number of para-hydroxylation sites is 1. The zero-order valence-corrected chi connectivity index (χ0v) is 8.53. The Kier molecular flexibility index (Phi) is 2.78. The highest BCUT2D eigenvalue weighted by Crippen LogP contribution is 2.17. The first kappa shape index (κ1) is 9.20. The fourth-order valence-corrected chi connectivity index (χ4v) is 1.74. The van der Waals surface area contributed by atoms with E-state index in [4.69, 9.17) is 0 Å². The number of unbranched alkanes of at least 4 members (excludes halogenated alkanes) is 1. The molecular formula is C13H15N. The van der Waals surface area contributed by atoms with Gasteiger partial charge in [0.25, 0.3) is 0 Å². The van der Waals surface area contributed by atoms with E-state index in [0.29, 0.717) is 0 Å². The van der Waals surface area contributed by atoms with E-state index in [1.54, 1.807) is 0 Å². The second-order valence-corrected chi connectivity index (χ2v) is 3.60. The maximum atomic E-state index is 4.43. The molecule has 14 heavy (non-hydrogen) atoms. The number of aromatic nitrogens is 1. The van der Waals surface area contributed by atoms with Crippen LogP contribution < -0.4 is 0 Å². The molecule has 0 unspecified atom stereocenters. The van der Waals surface area contributed by atoms with Crippen LogP contribution in [-0.4, -0.2) is 4.98 Å². The first-order chi connectivity index (χ1) is 6.92. The molecule has 2 rings (SSSR count). The van der Waals surface area contributed by atoms with Gasteiger partial charge in [-0.25, -0.2) is 0 Å². The molecule has 72 valence electrons. The topological polar surface area (TPSA) is 12.9 Å². The van der Waals surface area contributed by atoms with Gasteiger partial charge in [-0.3, -0.25) is 4.98 Å². The molecular weight excluding hydrogens is 170 g/mol. The van der Waals surface area contributed by atoms with Crippen molar-refractivity contribution in [3.63, 3.8) is 0 Å². The van der Waals surface area contributed by atoms with Crippen molar-refractivity contribution >= 4 is 10.9 Å². The van der Waals surface area contributed by atoms with Crippen LogP contribution in [0.3, 0.4) is 0 Å².